The van der Waals surface area contributed by atoms with Crippen LogP contribution >= 0.6 is 0 Å². The van der Waals surface area contributed by atoms with Crippen LogP contribution in [-0.4, -0.2) is 46.3 Å². The average Bonchev–Trinajstić information content (AvgIpc) is 4.20. The molecule has 0 saturated heterocycles. The van der Waals surface area contributed by atoms with Crippen molar-refractivity contribution >= 4 is 23.9 Å². The Morgan fingerprint density at radius 3 is 1.30 bits per heavy atom. The summed E-state index contributed by atoms with van der Waals surface area (Å²) in [5.74, 6) is 7.07. The first-order valence-corrected chi connectivity index (χ1v) is 30.5. The van der Waals surface area contributed by atoms with Crippen LogP contribution in [0.4, 0.5) is 0 Å². The second-order valence-electron chi connectivity index (χ2n) is 30.5. The summed E-state index contributed by atoms with van der Waals surface area (Å²) in [6.45, 7) is 39.8. The van der Waals surface area contributed by atoms with Crippen molar-refractivity contribution in [1.82, 2.24) is 0 Å². The van der Waals surface area contributed by atoms with E-state index in [2.05, 4.69) is 69.2 Å². The molecule has 9 fully saturated rings. The average molecular weight is 1150 g/mol. The van der Waals surface area contributed by atoms with Crippen molar-refractivity contribution in [2.45, 2.75) is 361 Å². The Morgan fingerprint density at radius 1 is 0.407 bits per heavy atom. The number of fused-ring (bicyclic) bond motifs is 10. The molecule has 0 radical (unpaired) electrons. The second-order valence-corrected chi connectivity index (χ2v) is 30.5. The van der Waals surface area contributed by atoms with Crippen LogP contribution in [0.5, 0.6) is 0 Å². The molecule has 8 nitrogen and oxygen atoms in total. The van der Waals surface area contributed by atoms with E-state index in [0.717, 1.165) is 93.3 Å². The normalized spacial score (nSPS) is 35.7. The molecule has 8 heteroatoms. The summed E-state index contributed by atoms with van der Waals surface area (Å²) in [6.07, 6.45) is 27.3. The van der Waals surface area contributed by atoms with Crippen molar-refractivity contribution in [3.63, 3.8) is 0 Å². The Morgan fingerprint density at radius 2 is 0.864 bits per heavy atom. The van der Waals surface area contributed by atoms with Gasteiger partial charge in [-0.05, 0) is 251 Å². The Bertz CT molecular complexity index is 1960. The molecule has 9 saturated carbocycles. The first kappa shape index (κ1) is 83.1. The minimum atomic E-state index is -0.370. The van der Waals surface area contributed by atoms with Crippen molar-refractivity contribution < 1.29 is 38.1 Å². The van der Waals surface area contributed by atoms with E-state index >= 15 is 0 Å². The first-order chi connectivity index (χ1) is 33.6. The van der Waals surface area contributed by atoms with Crippen LogP contribution in [0.15, 0.2) is 0 Å². The van der Waals surface area contributed by atoms with Crippen LogP contribution in [0.1, 0.15) is 339 Å². The first-order valence-electron chi connectivity index (χ1n) is 30.5. The monoisotopic (exact) mass is 1150 g/mol. The molecular weight excluding hydrogens is 1000 g/mol. The third kappa shape index (κ3) is 16.7. The van der Waals surface area contributed by atoms with Crippen molar-refractivity contribution in [3.8, 4) is 0 Å². The van der Waals surface area contributed by atoms with Crippen LogP contribution in [0.25, 0.3) is 0 Å². The van der Waals surface area contributed by atoms with Gasteiger partial charge in [-0.25, -0.2) is 0 Å². The number of esters is 4. The fourth-order valence-electron chi connectivity index (χ4n) is 16.1. The Hall–Kier alpha value is -2.12. The van der Waals surface area contributed by atoms with E-state index < -0.39 is 0 Å². The molecule has 0 aliphatic heterocycles. The molecule has 0 amide bonds. The fraction of sp³-hybridized carbons (Fsp3) is 0.945. The highest BCUT2D eigenvalue weighted by Gasteiger charge is 2.69. The van der Waals surface area contributed by atoms with Crippen LogP contribution in [0.3, 0.4) is 0 Å². The smallest absolute Gasteiger partial charge is 0.312 e. The third-order valence-corrected chi connectivity index (χ3v) is 24.0. The Kier molecular flexibility index (Phi) is 30.8. The highest BCUT2D eigenvalue weighted by atomic mass is 16.6. The van der Waals surface area contributed by atoms with Gasteiger partial charge in [-0.3, -0.25) is 19.2 Å². The summed E-state index contributed by atoms with van der Waals surface area (Å²) in [5, 5.41) is 0. The van der Waals surface area contributed by atoms with Crippen molar-refractivity contribution in [2.24, 2.45) is 85.8 Å². The van der Waals surface area contributed by atoms with E-state index in [1.165, 1.54) is 89.9 Å². The summed E-state index contributed by atoms with van der Waals surface area (Å²) in [6, 6.07) is 0. The summed E-state index contributed by atoms with van der Waals surface area (Å²) < 4.78 is 23.9. The SMILES string of the molecule is C.C.C.C.C.C.C.C.CCC(C)(C)C(=O)OC1(C)CC2CC1C1CCCC21.CCC(C)(C)C(=O)OC1(C)CC2CCC1(C)C2(C)C.CCC(C)(C)C(=O)OC1(C)CC2CCC1C2.CCC(C)(C)C(=O)OC1(C)CCC2CCCCC2C1. The predicted octanol–water partition coefficient (Wildman–Crippen LogP) is 22.1. The van der Waals surface area contributed by atoms with Gasteiger partial charge < -0.3 is 18.9 Å². The zero-order chi connectivity index (χ0) is 54.6. The second kappa shape index (κ2) is 30.0. The molecular formula is C73H144O8. The maximum atomic E-state index is 12.5. The summed E-state index contributed by atoms with van der Waals surface area (Å²) in [5.41, 5.74) is -1.80. The van der Waals surface area contributed by atoms with Gasteiger partial charge in [-0.15, -0.1) is 0 Å². The van der Waals surface area contributed by atoms with Crippen LogP contribution in [0.2, 0.25) is 0 Å². The summed E-state index contributed by atoms with van der Waals surface area (Å²) >= 11 is 0. The van der Waals surface area contributed by atoms with E-state index in [-0.39, 0.29) is 138 Å². The maximum Gasteiger partial charge on any atom is 0.312 e. The highest BCUT2D eigenvalue weighted by Crippen LogP contribution is 2.71. The number of rotatable bonds is 12. The largest absolute Gasteiger partial charge is 0.459 e. The van der Waals surface area contributed by atoms with Gasteiger partial charge >= 0.3 is 23.9 Å². The Labute approximate surface area is 506 Å². The molecule has 14 unspecified atom stereocenters. The minimum Gasteiger partial charge on any atom is -0.459 e. The molecule has 9 aliphatic rings. The van der Waals surface area contributed by atoms with Gasteiger partial charge in [0.25, 0.3) is 0 Å². The zero-order valence-corrected chi connectivity index (χ0v) is 50.7. The summed E-state index contributed by atoms with van der Waals surface area (Å²) in [4.78, 5) is 49.3. The molecule has 9 rings (SSSR count). The Balaban J connectivity index is -0.000000971. The topological polar surface area (TPSA) is 105 Å². The van der Waals surface area contributed by atoms with Gasteiger partial charge in [0.15, 0.2) is 0 Å². The number of carbonyl (C=O) groups is 4. The van der Waals surface area contributed by atoms with Crippen molar-refractivity contribution in [2.75, 3.05) is 0 Å². The fourth-order valence-corrected chi connectivity index (χ4v) is 16.1. The number of hydrogen-bond acceptors (Lipinski definition) is 8. The molecule has 9 aliphatic carbocycles. The standard InChI is InChI=1S/C17H28O2.2C17H30O2.C14H24O2.8CH4/c1-5-16(2,3)15(18)19-17(4)10-11-9-14(17)13-8-6-7-12(11)13;1-8-14(2,3)13(18)19-17(7)11-12-9-10-16(17,6)15(12,4)5;1-5-16(2,3)15(18)19-17(4)11-10-13-8-6-7-9-14(13)12-17;1-5-13(2,3)12(15)16-14(4)9-10-6-7-11(14)8-10;;;;;;;;/h11-14H,5-10H2,1-4H3;12H,8-11H2,1-7H3;13-14H,5-12H2,1-4H3;10-11H,5-9H2,1-4H3;8*1H4. The lowest BCUT2D eigenvalue weighted by Crippen LogP contribution is -2.49. The molecule has 0 N–H and O–H groups in total. The lowest BCUT2D eigenvalue weighted by molar-refractivity contribution is -0.185. The molecule has 0 heterocycles. The van der Waals surface area contributed by atoms with Gasteiger partial charge in [0.2, 0.25) is 0 Å². The van der Waals surface area contributed by atoms with Gasteiger partial charge in [-0.1, -0.05) is 140 Å². The molecule has 14 atom stereocenters. The van der Waals surface area contributed by atoms with E-state index in [0.29, 0.717) is 17.8 Å². The maximum absolute atomic E-state index is 12.5. The van der Waals surface area contributed by atoms with Crippen molar-refractivity contribution in [3.05, 3.63) is 0 Å². The highest BCUT2D eigenvalue weighted by molar-refractivity contribution is 5.78. The summed E-state index contributed by atoms with van der Waals surface area (Å²) in [7, 11) is 0. The predicted molar refractivity (Wildman–Crippen MR) is 349 cm³/mol. The van der Waals surface area contributed by atoms with Crippen LogP contribution in [-0.2, 0) is 38.1 Å². The zero-order valence-electron chi connectivity index (χ0n) is 50.7. The molecule has 0 spiro atoms. The minimum absolute atomic E-state index is 0. The quantitative estimate of drug-likeness (QED) is 0.141. The van der Waals surface area contributed by atoms with Gasteiger partial charge in [0.1, 0.15) is 22.4 Å². The molecule has 0 aromatic carbocycles. The van der Waals surface area contributed by atoms with Crippen molar-refractivity contribution in [1.29, 1.82) is 0 Å². The van der Waals surface area contributed by atoms with Crippen LogP contribution < -0.4 is 0 Å². The van der Waals surface area contributed by atoms with Gasteiger partial charge in [0.05, 0.1) is 21.7 Å². The number of carbonyl (C=O) groups excluding carboxylic acids is 4. The van der Waals surface area contributed by atoms with E-state index in [1.54, 1.807) is 0 Å². The van der Waals surface area contributed by atoms with Crippen LogP contribution in [0, 0.1) is 85.8 Å². The lowest BCUT2D eigenvalue weighted by atomic mass is 9.65. The number of ether oxygens (including phenoxy) is 4. The van der Waals surface area contributed by atoms with Gasteiger partial charge in [-0.2, -0.15) is 0 Å². The third-order valence-electron chi connectivity index (χ3n) is 24.0. The molecule has 0 aromatic heterocycles. The molecule has 6 bridgehead atoms. The number of hydrogen-bond donors (Lipinski definition) is 0. The van der Waals surface area contributed by atoms with E-state index in [4.69, 9.17) is 18.9 Å². The molecule has 81 heavy (non-hydrogen) atoms. The molecule has 484 valence electrons. The van der Waals surface area contributed by atoms with Gasteiger partial charge in [0, 0.05) is 11.3 Å². The van der Waals surface area contributed by atoms with E-state index in [9.17, 15) is 19.2 Å². The lowest BCUT2D eigenvalue weighted by Gasteiger charge is -2.46. The molecule has 0 aromatic rings. The van der Waals surface area contributed by atoms with E-state index in [1.807, 2.05) is 62.3 Å².